The first-order valence-corrected chi connectivity index (χ1v) is 7.37. The van der Waals surface area contributed by atoms with Crippen LogP contribution in [-0.2, 0) is 6.54 Å². The number of rotatable bonds is 6. The van der Waals surface area contributed by atoms with E-state index in [-0.39, 0.29) is 0 Å². The smallest absolute Gasteiger partial charge is 0.0234 e. The normalized spacial score (nSPS) is 18.1. The highest BCUT2D eigenvalue weighted by molar-refractivity contribution is 5.14. The summed E-state index contributed by atoms with van der Waals surface area (Å²) < 4.78 is 0. The highest BCUT2D eigenvalue weighted by Crippen LogP contribution is 2.09. The Labute approximate surface area is 112 Å². The van der Waals surface area contributed by atoms with Crippen molar-refractivity contribution in [1.29, 1.82) is 0 Å². The van der Waals surface area contributed by atoms with Crippen LogP contribution in [0.1, 0.15) is 31.7 Å². The van der Waals surface area contributed by atoms with Crippen LogP contribution in [0.3, 0.4) is 0 Å². The van der Waals surface area contributed by atoms with Gasteiger partial charge in [0.25, 0.3) is 0 Å². The van der Waals surface area contributed by atoms with E-state index in [1.165, 1.54) is 57.5 Å². The summed E-state index contributed by atoms with van der Waals surface area (Å²) in [6.45, 7) is 9.63. The molecule has 1 saturated heterocycles. The Morgan fingerprint density at radius 1 is 0.889 bits per heavy atom. The van der Waals surface area contributed by atoms with Gasteiger partial charge in [-0.3, -0.25) is 4.90 Å². The molecule has 0 radical (unpaired) electrons. The van der Waals surface area contributed by atoms with E-state index in [4.69, 9.17) is 0 Å². The van der Waals surface area contributed by atoms with Crippen LogP contribution in [0.15, 0.2) is 30.3 Å². The van der Waals surface area contributed by atoms with Crippen molar-refractivity contribution in [3.8, 4) is 0 Å². The van der Waals surface area contributed by atoms with E-state index in [1.54, 1.807) is 0 Å². The SMILES string of the molecule is CCCCCN1CCN(Cc2ccccc2)CC1. The molecule has 1 aliphatic heterocycles. The van der Waals surface area contributed by atoms with Crippen molar-refractivity contribution in [3.05, 3.63) is 35.9 Å². The first-order valence-electron chi connectivity index (χ1n) is 7.37. The van der Waals surface area contributed by atoms with Gasteiger partial charge in [-0.1, -0.05) is 50.1 Å². The summed E-state index contributed by atoms with van der Waals surface area (Å²) in [5.41, 5.74) is 1.44. The van der Waals surface area contributed by atoms with Gasteiger partial charge in [0.15, 0.2) is 0 Å². The molecule has 2 heteroatoms. The molecule has 0 unspecified atom stereocenters. The Hall–Kier alpha value is -0.860. The van der Waals surface area contributed by atoms with E-state index >= 15 is 0 Å². The Morgan fingerprint density at radius 2 is 1.56 bits per heavy atom. The summed E-state index contributed by atoms with van der Waals surface area (Å²) in [6.07, 6.45) is 4.08. The molecule has 1 fully saturated rings. The molecule has 0 aliphatic carbocycles. The number of hydrogen-bond acceptors (Lipinski definition) is 2. The molecule has 0 atom stereocenters. The zero-order valence-corrected chi connectivity index (χ0v) is 11.6. The van der Waals surface area contributed by atoms with E-state index in [0.717, 1.165) is 6.54 Å². The predicted octanol–water partition coefficient (Wildman–Crippen LogP) is 2.99. The van der Waals surface area contributed by atoms with Crippen molar-refractivity contribution in [3.63, 3.8) is 0 Å². The third kappa shape index (κ3) is 4.43. The van der Waals surface area contributed by atoms with Crippen molar-refractivity contribution in [2.24, 2.45) is 0 Å². The lowest BCUT2D eigenvalue weighted by atomic mass is 10.2. The first kappa shape index (κ1) is 13.6. The van der Waals surface area contributed by atoms with Crippen LogP contribution in [-0.4, -0.2) is 42.5 Å². The summed E-state index contributed by atoms with van der Waals surface area (Å²) in [6, 6.07) is 10.8. The Morgan fingerprint density at radius 3 is 2.22 bits per heavy atom. The summed E-state index contributed by atoms with van der Waals surface area (Å²) >= 11 is 0. The minimum Gasteiger partial charge on any atom is -0.301 e. The molecule has 0 saturated carbocycles. The highest BCUT2D eigenvalue weighted by atomic mass is 15.3. The second-order valence-electron chi connectivity index (χ2n) is 5.31. The van der Waals surface area contributed by atoms with Crippen LogP contribution in [0, 0.1) is 0 Å². The molecule has 1 aliphatic rings. The maximum atomic E-state index is 2.62. The second-order valence-corrected chi connectivity index (χ2v) is 5.31. The standard InChI is InChI=1S/C16H26N2/c1-2-3-7-10-17-11-13-18(14-12-17)15-16-8-5-4-6-9-16/h4-6,8-9H,2-3,7,10-15H2,1H3. The first-order chi connectivity index (χ1) is 8.88. The zero-order valence-electron chi connectivity index (χ0n) is 11.6. The zero-order chi connectivity index (χ0) is 12.6. The average molecular weight is 246 g/mol. The monoisotopic (exact) mass is 246 g/mol. The molecule has 0 spiro atoms. The minimum absolute atomic E-state index is 1.11. The largest absolute Gasteiger partial charge is 0.301 e. The van der Waals surface area contributed by atoms with Gasteiger partial charge >= 0.3 is 0 Å². The van der Waals surface area contributed by atoms with Crippen molar-refractivity contribution >= 4 is 0 Å². The van der Waals surface area contributed by atoms with Crippen molar-refractivity contribution < 1.29 is 0 Å². The predicted molar refractivity (Wildman–Crippen MR) is 77.7 cm³/mol. The van der Waals surface area contributed by atoms with Gasteiger partial charge in [0.05, 0.1) is 0 Å². The molecule has 0 aromatic heterocycles. The Bertz CT molecular complexity index is 315. The molecule has 100 valence electrons. The minimum atomic E-state index is 1.11. The molecule has 1 aromatic carbocycles. The quantitative estimate of drug-likeness (QED) is 0.712. The molecular weight excluding hydrogens is 220 g/mol. The molecule has 0 bridgehead atoms. The van der Waals surface area contributed by atoms with E-state index < -0.39 is 0 Å². The van der Waals surface area contributed by atoms with Crippen molar-refractivity contribution in [1.82, 2.24) is 9.80 Å². The summed E-state index contributed by atoms with van der Waals surface area (Å²) in [5, 5.41) is 0. The fourth-order valence-corrected chi connectivity index (χ4v) is 2.60. The molecule has 1 aromatic rings. The number of piperazine rings is 1. The Balaban J connectivity index is 1.67. The van der Waals surface area contributed by atoms with Gasteiger partial charge in [-0.05, 0) is 18.5 Å². The molecule has 1 heterocycles. The van der Waals surface area contributed by atoms with Crippen LogP contribution in [0.5, 0.6) is 0 Å². The summed E-state index contributed by atoms with van der Waals surface area (Å²) in [5.74, 6) is 0. The van der Waals surface area contributed by atoms with Gasteiger partial charge in [-0.25, -0.2) is 0 Å². The van der Waals surface area contributed by atoms with E-state index in [2.05, 4.69) is 47.1 Å². The molecule has 2 nitrogen and oxygen atoms in total. The molecule has 0 N–H and O–H groups in total. The van der Waals surface area contributed by atoms with Gasteiger partial charge in [-0.2, -0.15) is 0 Å². The lowest BCUT2D eigenvalue weighted by Crippen LogP contribution is -2.46. The third-order valence-corrected chi connectivity index (χ3v) is 3.79. The fraction of sp³-hybridized carbons (Fsp3) is 0.625. The third-order valence-electron chi connectivity index (χ3n) is 3.79. The van der Waals surface area contributed by atoms with Crippen molar-refractivity contribution in [2.45, 2.75) is 32.7 Å². The number of unbranched alkanes of at least 4 members (excludes halogenated alkanes) is 2. The average Bonchev–Trinajstić information content (AvgIpc) is 2.42. The van der Waals surface area contributed by atoms with Crippen LogP contribution < -0.4 is 0 Å². The van der Waals surface area contributed by atoms with Gasteiger partial charge < -0.3 is 4.90 Å². The number of nitrogens with zero attached hydrogens (tertiary/aromatic N) is 2. The van der Waals surface area contributed by atoms with Crippen LogP contribution in [0.25, 0.3) is 0 Å². The van der Waals surface area contributed by atoms with Gasteiger partial charge in [0.1, 0.15) is 0 Å². The van der Waals surface area contributed by atoms with Crippen LogP contribution in [0.4, 0.5) is 0 Å². The van der Waals surface area contributed by atoms with Gasteiger partial charge in [0.2, 0.25) is 0 Å². The van der Waals surface area contributed by atoms with E-state index in [0.29, 0.717) is 0 Å². The topological polar surface area (TPSA) is 6.48 Å². The number of hydrogen-bond donors (Lipinski definition) is 0. The van der Waals surface area contributed by atoms with Crippen molar-refractivity contribution in [2.75, 3.05) is 32.7 Å². The van der Waals surface area contributed by atoms with Gasteiger partial charge in [-0.15, -0.1) is 0 Å². The summed E-state index contributed by atoms with van der Waals surface area (Å²) in [7, 11) is 0. The van der Waals surface area contributed by atoms with E-state index in [9.17, 15) is 0 Å². The van der Waals surface area contributed by atoms with E-state index in [1.807, 2.05) is 0 Å². The molecule has 2 rings (SSSR count). The molecule has 0 amide bonds. The second kappa shape index (κ2) is 7.55. The van der Waals surface area contributed by atoms with Crippen LogP contribution in [0.2, 0.25) is 0 Å². The van der Waals surface area contributed by atoms with Gasteiger partial charge in [0, 0.05) is 32.7 Å². The summed E-state index contributed by atoms with van der Waals surface area (Å²) in [4.78, 5) is 5.20. The lowest BCUT2D eigenvalue weighted by Gasteiger charge is -2.34. The molecular formula is C16H26N2. The Kier molecular flexibility index (Phi) is 5.69. The number of benzene rings is 1. The maximum Gasteiger partial charge on any atom is 0.0234 e. The van der Waals surface area contributed by atoms with Crippen LogP contribution >= 0.6 is 0 Å². The highest BCUT2D eigenvalue weighted by Gasteiger charge is 2.16. The fourth-order valence-electron chi connectivity index (χ4n) is 2.60. The maximum absolute atomic E-state index is 2.62. The molecule has 18 heavy (non-hydrogen) atoms. The lowest BCUT2D eigenvalue weighted by molar-refractivity contribution is 0.125.